The number of hydrogen-bond donors (Lipinski definition) is 1. The van der Waals surface area contributed by atoms with Crippen molar-refractivity contribution < 1.29 is 9.53 Å². The molecule has 10 heteroatoms. The fourth-order valence-corrected chi connectivity index (χ4v) is 6.87. The van der Waals surface area contributed by atoms with Gasteiger partial charge in [-0.1, -0.05) is 29.0 Å². The summed E-state index contributed by atoms with van der Waals surface area (Å²) in [5.74, 6) is -0.136. The highest BCUT2D eigenvalue weighted by Crippen LogP contribution is 2.44. The molecule has 0 bridgehead atoms. The first-order valence-corrected chi connectivity index (χ1v) is 14.0. The molecule has 0 radical (unpaired) electrons. The predicted octanol–water partition coefficient (Wildman–Crippen LogP) is 5.38. The van der Waals surface area contributed by atoms with Crippen LogP contribution in [0.2, 0.25) is 5.02 Å². The third-order valence-electron chi connectivity index (χ3n) is 6.87. The van der Waals surface area contributed by atoms with Gasteiger partial charge in [0.15, 0.2) is 5.13 Å². The summed E-state index contributed by atoms with van der Waals surface area (Å²) in [6, 6.07) is 10.2. The molecule has 2 atom stereocenters. The molecule has 1 N–H and O–H groups in total. The first kappa shape index (κ1) is 25.2. The molecule has 1 saturated heterocycles. The normalized spacial score (nSPS) is 19.2. The van der Waals surface area contributed by atoms with Crippen molar-refractivity contribution in [1.29, 1.82) is 0 Å². The van der Waals surface area contributed by atoms with Crippen molar-refractivity contribution in [3.63, 3.8) is 0 Å². The van der Waals surface area contributed by atoms with E-state index in [9.17, 15) is 4.79 Å². The molecule has 8 nitrogen and oxygen atoms in total. The summed E-state index contributed by atoms with van der Waals surface area (Å²) in [6.45, 7) is 8.34. The Bertz CT molecular complexity index is 1490. The molecule has 1 aromatic carbocycles. The van der Waals surface area contributed by atoms with E-state index in [1.807, 2.05) is 29.1 Å². The fourth-order valence-electron chi connectivity index (χ4n) is 5.48. The van der Waals surface area contributed by atoms with Gasteiger partial charge in [-0.15, -0.1) is 0 Å². The fraction of sp³-hybridized carbons (Fsp3) is 0.357. The average Bonchev–Trinajstić information content (AvgIpc) is 3.44. The number of amides is 1. The van der Waals surface area contributed by atoms with E-state index in [4.69, 9.17) is 26.4 Å². The molecule has 1 amide bonds. The van der Waals surface area contributed by atoms with Gasteiger partial charge in [-0.3, -0.25) is 14.7 Å². The maximum absolute atomic E-state index is 11.7. The van der Waals surface area contributed by atoms with Gasteiger partial charge >= 0.3 is 0 Å². The van der Waals surface area contributed by atoms with Gasteiger partial charge in [0.05, 0.1) is 44.9 Å². The number of thiazole rings is 1. The lowest BCUT2D eigenvalue weighted by atomic mass is 9.95. The second-order valence-corrected chi connectivity index (χ2v) is 11.4. The molecule has 6 rings (SSSR count). The molecule has 4 heterocycles. The molecule has 4 aromatic rings. The van der Waals surface area contributed by atoms with E-state index in [1.165, 1.54) is 18.3 Å². The molecular weight excluding hydrogens is 520 g/mol. The van der Waals surface area contributed by atoms with Gasteiger partial charge < -0.3 is 10.1 Å². The number of nitrogens with zero attached hydrogens (tertiary/aromatic N) is 5. The predicted molar refractivity (Wildman–Crippen MR) is 150 cm³/mol. The van der Waals surface area contributed by atoms with Gasteiger partial charge in [-0.2, -0.15) is 5.10 Å². The number of morpholine rings is 1. The van der Waals surface area contributed by atoms with E-state index < -0.39 is 0 Å². The molecule has 2 aliphatic rings. The Kier molecular flexibility index (Phi) is 6.77. The lowest BCUT2D eigenvalue weighted by Crippen LogP contribution is -2.44. The van der Waals surface area contributed by atoms with Gasteiger partial charge in [0.2, 0.25) is 5.91 Å². The Morgan fingerprint density at radius 1 is 1.21 bits per heavy atom. The number of aromatic nitrogens is 4. The minimum Gasteiger partial charge on any atom is -0.373 e. The SMILES string of the molecule is CC(=O)Nc1nc2c(s1)-c1c(c(-c3cccnc3)nn1-c1ccc(CN3C[C@@H](C)O[C@H](C)C3)cc1Cl)CC2. The number of carbonyl (C=O) groups excluding carboxylic acids is 1. The van der Waals surface area contributed by atoms with Crippen molar-refractivity contribution in [2.45, 2.75) is 52.4 Å². The van der Waals surface area contributed by atoms with Crippen LogP contribution in [-0.2, 0) is 28.9 Å². The second kappa shape index (κ2) is 10.2. The Hall–Kier alpha value is -3.11. The zero-order valence-electron chi connectivity index (χ0n) is 21.6. The number of carbonyl (C=O) groups is 1. The van der Waals surface area contributed by atoms with Gasteiger partial charge in [0, 0.05) is 50.1 Å². The van der Waals surface area contributed by atoms with Crippen LogP contribution in [0.25, 0.3) is 27.5 Å². The molecule has 196 valence electrons. The van der Waals surface area contributed by atoms with Gasteiger partial charge in [0.25, 0.3) is 0 Å². The number of benzene rings is 1. The Balaban J connectivity index is 1.42. The van der Waals surface area contributed by atoms with E-state index in [2.05, 4.69) is 41.2 Å². The summed E-state index contributed by atoms with van der Waals surface area (Å²) in [6.07, 6.45) is 5.60. The van der Waals surface area contributed by atoms with Crippen LogP contribution in [-0.4, -0.2) is 55.9 Å². The molecule has 3 aromatic heterocycles. The van der Waals surface area contributed by atoms with E-state index in [1.54, 1.807) is 6.20 Å². The molecule has 1 aliphatic carbocycles. The quantitative estimate of drug-likeness (QED) is 0.360. The number of rotatable bonds is 5. The molecule has 38 heavy (non-hydrogen) atoms. The van der Waals surface area contributed by atoms with E-state index in [-0.39, 0.29) is 18.1 Å². The summed E-state index contributed by atoms with van der Waals surface area (Å²) in [7, 11) is 0. The first-order chi connectivity index (χ1) is 18.4. The highest BCUT2D eigenvalue weighted by molar-refractivity contribution is 7.19. The number of fused-ring (bicyclic) bond motifs is 3. The minimum absolute atomic E-state index is 0.136. The van der Waals surface area contributed by atoms with E-state index in [0.29, 0.717) is 10.2 Å². The first-order valence-electron chi connectivity index (χ1n) is 12.8. The lowest BCUT2D eigenvalue weighted by Gasteiger charge is -2.35. The van der Waals surface area contributed by atoms with Crippen LogP contribution in [0.15, 0.2) is 42.7 Å². The average molecular weight is 549 g/mol. The highest BCUT2D eigenvalue weighted by atomic mass is 35.5. The van der Waals surface area contributed by atoms with Crippen molar-refractivity contribution in [2.24, 2.45) is 0 Å². The molecule has 1 aliphatic heterocycles. The van der Waals surface area contributed by atoms with Crippen molar-refractivity contribution >= 4 is 34.0 Å². The zero-order valence-corrected chi connectivity index (χ0v) is 23.1. The molecule has 1 fully saturated rings. The largest absolute Gasteiger partial charge is 0.373 e. The summed E-state index contributed by atoms with van der Waals surface area (Å²) in [4.78, 5) is 24.2. The molecule has 0 spiro atoms. The standard InChI is InChI=1S/C28H29ClN6O2S/c1-16-13-34(14-17(2)37-16)15-19-6-9-24(22(29)11-19)35-26-21(25(33-35)20-5-4-10-30-12-20)7-8-23-27(26)38-28(32-23)31-18(3)36/h4-6,9-12,16-17H,7-8,13-15H2,1-3H3,(H,31,32,36)/t16-,17-/m1/s1. The van der Waals surface area contributed by atoms with Crippen LogP contribution in [0.1, 0.15) is 37.6 Å². The third-order valence-corrected chi connectivity index (χ3v) is 8.19. The van der Waals surface area contributed by atoms with Crippen LogP contribution in [0.3, 0.4) is 0 Å². The van der Waals surface area contributed by atoms with Crippen LogP contribution >= 0.6 is 22.9 Å². The Morgan fingerprint density at radius 3 is 2.74 bits per heavy atom. The van der Waals surface area contributed by atoms with Gasteiger partial charge in [-0.05, 0) is 56.5 Å². The number of pyridine rings is 1. The van der Waals surface area contributed by atoms with E-state index in [0.717, 1.165) is 76.8 Å². The number of ether oxygens (including phenoxy) is 1. The van der Waals surface area contributed by atoms with Gasteiger partial charge in [0.1, 0.15) is 0 Å². The van der Waals surface area contributed by atoms with Crippen molar-refractivity contribution in [3.8, 4) is 27.5 Å². The molecule has 0 unspecified atom stereocenters. The van der Waals surface area contributed by atoms with Crippen molar-refractivity contribution in [1.82, 2.24) is 24.6 Å². The Labute approximate surface area is 230 Å². The highest BCUT2D eigenvalue weighted by Gasteiger charge is 2.30. The van der Waals surface area contributed by atoms with Crippen LogP contribution in [0.4, 0.5) is 5.13 Å². The number of aryl methyl sites for hydroxylation is 1. The summed E-state index contributed by atoms with van der Waals surface area (Å²) in [5.41, 5.74) is 6.90. The minimum atomic E-state index is -0.136. The summed E-state index contributed by atoms with van der Waals surface area (Å²) < 4.78 is 7.83. The number of anilines is 1. The number of nitrogens with one attached hydrogen (secondary N) is 1. The smallest absolute Gasteiger partial charge is 0.223 e. The number of hydrogen-bond acceptors (Lipinski definition) is 7. The second-order valence-electron chi connectivity index (χ2n) is 10.0. The number of halogens is 1. The molecular formula is C28H29ClN6O2S. The maximum atomic E-state index is 11.7. The van der Waals surface area contributed by atoms with E-state index >= 15 is 0 Å². The van der Waals surface area contributed by atoms with Gasteiger partial charge in [-0.25, -0.2) is 9.67 Å². The van der Waals surface area contributed by atoms with Crippen LogP contribution < -0.4 is 5.32 Å². The summed E-state index contributed by atoms with van der Waals surface area (Å²) in [5, 5.41) is 9.16. The van der Waals surface area contributed by atoms with Crippen LogP contribution in [0, 0.1) is 0 Å². The molecule has 0 saturated carbocycles. The zero-order chi connectivity index (χ0) is 26.4. The van der Waals surface area contributed by atoms with Crippen molar-refractivity contribution in [2.75, 3.05) is 18.4 Å². The van der Waals surface area contributed by atoms with Crippen LogP contribution in [0.5, 0.6) is 0 Å². The maximum Gasteiger partial charge on any atom is 0.223 e. The lowest BCUT2D eigenvalue weighted by molar-refractivity contribution is -0.114. The summed E-state index contributed by atoms with van der Waals surface area (Å²) >= 11 is 8.43. The topological polar surface area (TPSA) is 85.2 Å². The Morgan fingerprint density at radius 2 is 2.03 bits per heavy atom. The van der Waals surface area contributed by atoms with Crippen molar-refractivity contribution in [3.05, 3.63) is 64.6 Å². The third kappa shape index (κ3) is 4.87. The monoisotopic (exact) mass is 548 g/mol.